The number of fused-ring (bicyclic) bond motifs is 2. The van der Waals surface area contributed by atoms with Crippen molar-refractivity contribution >= 4 is 39.4 Å². The lowest BCUT2D eigenvalue weighted by atomic mass is 9.94. The number of likely N-dealkylation sites (tertiary alicyclic amines) is 1. The van der Waals surface area contributed by atoms with E-state index in [1.54, 1.807) is 11.3 Å². The normalized spacial score (nSPS) is 21.3. The number of hydrogen-bond donors (Lipinski definition) is 1. The highest BCUT2D eigenvalue weighted by Crippen LogP contribution is 2.43. The van der Waals surface area contributed by atoms with E-state index in [1.165, 1.54) is 17.8 Å². The summed E-state index contributed by atoms with van der Waals surface area (Å²) in [5, 5.41) is 5.97. The monoisotopic (exact) mass is 519 g/mol. The number of amides is 2. The van der Waals surface area contributed by atoms with E-state index in [0.717, 1.165) is 51.1 Å². The average molecular weight is 520 g/mol. The van der Waals surface area contributed by atoms with Crippen molar-refractivity contribution in [1.29, 1.82) is 0 Å². The summed E-state index contributed by atoms with van der Waals surface area (Å²) in [4.78, 5) is 40.2. The van der Waals surface area contributed by atoms with Crippen LogP contribution in [0.5, 0.6) is 0 Å². The van der Waals surface area contributed by atoms with Crippen LogP contribution in [0.25, 0.3) is 15.4 Å². The van der Waals surface area contributed by atoms with Gasteiger partial charge in [0.1, 0.15) is 11.4 Å². The molecule has 0 radical (unpaired) electrons. The molecule has 1 N–H and O–H groups in total. The van der Waals surface area contributed by atoms with Crippen molar-refractivity contribution in [2.75, 3.05) is 13.1 Å². The zero-order chi connectivity index (χ0) is 25.0. The summed E-state index contributed by atoms with van der Waals surface area (Å²) in [6.07, 6.45) is 5.29. The van der Waals surface area contributed by atoms with Crippen LogP contribution in [-0.2, 0) is 0 Å². The molecule has 0 bridgehead atoms. The number of carbonyl (C=O) groups excluding carboxylic acids is 2. The van der Waals surface area contributed by atoms with Crippen molar-refractivity contribution in [2.45, 2.75) is 46.1 Å². The highest BCUT2D eigenvalue weighted by atomic mass is 32.1. The van der Waals surface area contributed by atoms with E-state index >= 15 is 0 Å². The van der Waals surface area contributed by atoms with Crippen molar-refractivity contribution in [3.05, 3.63) is 63.5 Å². The summed E-state index contributed by atoms with van der Waals surface area (Å²) >= 11 is 3.08. The molecule has 186 valence electrons. The predicted octanol–water partition coefficient (Wildman–Crippen LogP) is 5.12. The molecule has 6 rings (SSSR count). The second-order valence-electron chi connectivity index (χ2n) is 9.97. The van der Waals surface area contributed by atoms with Gasteiger partial charge in [0, 0.05) is 24.7 Å². The fraction of sp³-hybridized carbons (Fsp3) is 0.407. The molecule has 2 fully saturated rings. The number of hydrogen-bond acceptors (Lipinski definition) is 6. The Morgan fingerprint density at radius 3 is 2.86 bits per heavy atom. The number of thiazole rings is 2. The van der Waals surface area contributed by atoms with Gasteiger partial charge in [0.15, 0.2) is 4.96 Å². The molecule has 4 heterocycles. The number of rotatable bonds is 5. The van der Waals surface area contributed by atoms with Gasteiger partial charge in [-0.25, -0.2) is 9.97 Å². The van der Waals surface area contributed by atoms with E-state index in [-0.39, 0.29) is 17.9 Å². The fourth-order valence-corrected chi connectivity index (χ4v) is 7.72. The quantitative estimate of drug-likeness (QED) is 0.397. The van der Waals surface area contributed by atoms with Gasteiger partial charge in [-0.1, -0.05) is 36.2 Å². The van der Waals surface area contributed by atoms with Crippen molar-refractivity contribution in [3.8, 4) is 10.4 Å². The first-order valence-electron chi connectivity index (χ1n) is 12.5. The number of carbonyl (C=O) groups is 2. The molecular formula is C27H29N5O2S2. The lowest BCUT2D eigenvalue weighted by Gasteiger charge is -2.28. The average Bonchev–Trinajstić information content (AvgIpc) is 3.64. The Labute approximate surface area is 218 Å². The third kappa shape index (κ3) is 3.94. The fourth-order valence-electron chi connectivity index (χ4n) is 6.05. The molecule has 0 spiro atoms. The van der Waals surface area contributed by atoms with Gasteiger partial charge < -0.3 is 10.2 Å². The summed E-state index contributed by atoms with van der Waals surface area (Å²) in [6, 6.07) is 8.21. The van der Waals surface area contributed by atoms with Gasteiger partial charge in [-0.15, -0.1) is 22.7 Å². The van der Waals surface area contributed by atoms with Crippen LogP contribution in [0.1, 0.15) is 56.5 Å². The van der Waals surface area contributed by atoms with Crippen molar-refractivity contribution in [1.82, 2.24) is 24.6 Å². The maximum atomic E-state index is 14.0. The third-order valence-electron chi connectivity index (χ3n) is 7.64. The number of nitrogens with zero attached hydrogens (tertiary/aromatic N) is 4. The highest BCUT2D eigenvalue weighted by molar-refractivity contribution is 7.15. The Balaban J connectivity index is 1.27. The second kappa shape index (κ2) is 9.12. The molecule has 0 unspecified atom stereocenters. The van der Waals surface area contributed by atoms with Crippen LogP contribution in [0, 0.1) is 32.6 Å². The molecule has 1 aromatic carbocycles. The van der Waals surface area contributed by atoms with Gasteiger partial charge in [-0.2, -0.15) is 0 Å². The molecule has 36 heavy (non-hydrogen) atoms. The van der Waals surface area contributed by atoms with E-state index in [1.807, 2.05) is 46.9 Å². The molecule has 4 aromatic rings. The number of benzene rings is 1. The summed E-state index contributed by atoms with van der Waals surface area (Å²) in [5.41, 5.74) is 4.01. The summed E-state index contributed by atoms with van der Waals surface area (Å²) in [7, 11) is 0. The Morgan fingerprint density at radius 1 is 1.17 bits per heavy atom. The van der Waals surface area contributed by atoms with Crippen LogP contribution >= 0.6 is 22.7 Å². The highest BCUT2D eigenvalue weighted by Gasteiger charge is 2.47. The van der Waals surface area contributed by atoms with Gasteiger partial charge in [0.05, 0.1) is 21.6 Å². The first-order valence-corrected chi connectivity index (χ1v) is 14.2. The first-order chi connectivity index (χ1) is 17.4. The molecule has 1 aliphatic carbocycles. The zero-order valence-electron chi connectivity index (χ0n) is 20.7. The molecule has 1 saturated carbocycles. The summed E-state index contributed by atoms with van der Waals surface area (Å²) in [5.74, 6) is 0.727. The molecule has 1 aliphatic heterocycles. The molecule has 2 aliphatic rings. The lowest BCUT2D eigenvalue weighted by Crippen LogP contribution is -2.46. The minimum atomic E-state index is -0.141. The second-order valence-corrected chi connectivity index (χ2v) is 12.0. The van der Waals surface area contributed by atoms with E-state index in [2.05, 4.69) is 29.4 Å². The molecule has 9 heteroatoms. The number of aryl methyl sites for hydroxylation is 3. The van der Waals surface area contributed by atoms with Crippen molar-refractivity contribution < 1.29 is 9.59 Å². The van der Waals surface area contributed by atoms with E-state index in [9.17, 15) is 9.59 Å². The van der Waals surface area contributed by atoms with E-state index < -0.39 is 0 Å². The topological polar surface area (TPSA) is 79.6 Å². The van der Waals surface area contributed by atoms with E-state index in [4.69, 9.17) is 4.98 Å². The first kappa shape index (κ1) is 23.4. The van der Waals surface area contributed by atoms with Crippen LogP contribution in [-0.4, -0.2) is 50.2 Å². The van der Waals surface area contributed by atoms with Crippen LogP contribution in [0.4, 0.5) is 0 Å². The molecule has 3 atom stereocenters. The maximum Gasteiger partial charge on any atom is 0.274 e. The summed E-state index contributed by atoms with van der Waals surface area (Å²) < 4.78 is 1.84. The van der Waals surface area contributed by atoms with Gasteiger partial charge in [-0.3, -0.25) is 14.0 Å². The molecular weight excluding hydrogens is 490 g/mol. The Hall–Kier alpha value is -3.04. The minimum Gasteiger partial charge on any atom is -0.349 e. The van der Waals surface area contributed by atoms with Crippen LogP contribution < -0.4 is 5.32 Å². The Morgan fingerprint density at radius 2 is 2.03 bits per heavy atom. The molecule has 7 nitrogen and oxygen atoms in total. The van der Waals surface area contributed by atoms with Gasteiger partial charge in [0.25, 0.3) is 11.8 Å². The molecule has 3 aromatic heterocycles. The SMILES string of the molecule is Cc1cccc(-c2sc(C)nc2C(=O)N2C[C@@H]3CCC[C@@H]3[C@H]2CNC(=O)c2c(C)nc3sccn23)c1. The van der Waals surface area contributed by atoms with Crippen LogP contribution in [0.15, 0.2) is 35.8 Å². The number of imidazole rings is 1. The van der Waals surface area contributed by atoms with Crippen LogP contribution in [0.2, 0.25) is 0 Å². The van der Waals surface area contributed by atoms with Gasteiger partial charge in [0.2, 0.25) is 0 Å². The minimum absolute atomic E-state index is 0.0229. The Bertz CT molecular complexity index is 1470. The standard InChI is InChI=1S/C27H29N5O2S2/c1-15-6-4-7-18(12-15)24-22(30-17(3)36-24)26(34)32-14-19-8-5-9-20(19)21(32)13-28-25(33)23-16(2)29-27-31(23)10-11-35-27/h4,6-7,10-12,19-21H,5,8-9,13-14H2,1-3H3,(H,28,33)/t19-,20-,21+/m0/s1. The lowest BCUT2D eigenvalue weighted by molar-refractivity contribution is 0.0696. The van der Waals surface area contributed by atoms with Crippen molar-refractivity contribution in [3.63, 3.8) is 0 Å². The van der Waals surface area contributed by atoms with Gasteiger partial charge >= 0.3 is 0 Å². The number of aromatic nitrogens is 3. The summed E-state index contributed by atoms with van der Waals surface area (Å²) in [6.45, 7) is 7.05. The van der Waals surface area contributed by atoms with Gasteiger partial charge in [-0.05, 0) is 51.0 Å². The molecule has 2 amide bonds. The number of nitrogens with one attached hydrogen (secondary N) is 1. The smallest absolute Gasteiger partial charge is 0.274 e. The third-order valence-corrected chi connectivity index (χ3v) is 9.42. The zero-order valence-corrected chi connectivity index (χ0v) is 22.3. The van der Waals surface area contributed by atoms with Crippen molar-refractivity contribution in [2.24, 2.45) is 11.8 Å². The van der Waals surface area contributed by atoms with E-state index in [0.29, 0.717) is 29.8 Å². The largest absolute Gasteiger partial charge is 0.349 e. The predicted molar refractivity (Wildman–Crippen MR) is 143 cm³/mol. The van der Waals surface area contributed by atoms with Crippen LogP contribution in [0.3, 0.4) is 0 Å². The molecule has 1 saturated heterocycles. The maximum absolute atomic E-state index is 14.0. The Kier molecular flexibility index (Phi) is 5.92.